The Morgan fingerprint density at radius 3 is 2.81 bits per heavy atom. The highest BCUT2D eigenvalue weighted by Gasteiger charge is 2.29. The van der Waals surface area contributed by atoms with E-state index in [1.165, 1.54) is 6.08 Å². The molecule has 0 saturated heterocycles. The van der Waals surface area contributed by atoms with Gasteiger partial charge in [0, 0.05) is 24.7 Å². The van der Waals surface area contributed by atoms with Crippen molar-refractivity contribution >= 4 is 33.9 Å². The van der Waals surface area contributed by atoms with Gasteiger partial charge in [-0.1, -0.05) is 12.1 Å². The zero-order chi connectivity index (χ0) is 15.4. The van der Waals surface area contributed by atoms with E-state index in [2.05, 4.69) is 15.9 Å². The molecule has 1 amide bonds. The number of carboxylic acid groups (broad SMARTS) is 1. The normalized spacial score (nSPS) is 14.2. The van der Waals surface area contributed by atoms with Crippen molar-refractivity contribution in [1.82, 2.24) is 4.90 Å². The third kappa shape index (κ3) is 4.32. The number of aliphatic carboxylic acids is 1. The molecule has 0 aliphatic heterocycles. The van der Waals surface area contributed by atoms with Crippen LogP contribution in [0.4, 0.5) is 0 Å². The molecule has 1 aliphatic carbocycles. The second kappa shape index (κ2) is 6.76. The summed E-state index contributed by atoms with van der Waals surface area (Å²) in [6.45, 7) is -0.0659. The molecule has 1 N–H and O–H groups in total. The standard InChI is InChI=1S/C15H16BrNO4/c1-17(11-6-7-11)13(18)9-21-15-10(5-8-14(19)20)3-2-4-12(15)16/h2-5,8,11H,6-7,9H2,1H3,(H,19,20). The Balaban J connectivity index is 2.07. The number of carbonyl (C=O) groups excluding carboxylic acids is 1. The summed E-state index contributed by atoms with van der Waals surface area (Å²) in [5, 5.41) is 8.69. The maximum absolute atomic E-state index is 12.0. The van der Waals surface area contributed by atoms with Crippen molar-refractivity contribution in [3.63, 3.8) is 0 Å². The van der Waals surface area contributed by atoms with Crippen LogP contribution in [0.5, 0.6) is 5.75 Å². The molecule has 1 aromatic rings. The highest BCUT2D eigenvalue weighted by molar-refractivity contribution is 9.10. The first kappa shape index (κ1) is 15.6. The second-order valence-corrected chi connectivity index (χ2v) is 5.71. The Hall–Kier alpha value is -1.82. The fourth-order valence-corrected chi connectivity index (χ4v) is 2.37. The summed E-state index contributed by atoms with van der Waals surface area (Å²) >= 11 is 3.35. The maximum atomic E-state index is 12.0. The van der Waals surface area contributed by atoms with Gasteiger partial charge in [-0.05, 0) is 40.9 Å². The van der Waals surface area contributed by atoms with E-state index in [9.17, 15) is 9.59 Å². The molecule has 0 unspecified atom stereocenters. The van der Waals surface area contributed by atoms with Crippen LogP contribution >= 0.6 is 15.9 Å². The minimum atomic E-state index is -1.04. The maximum Gasteiger partial charge on any atom is 0.328 e. The van der Waals surface area contributed by atoms with Gasteiger partial charge >= 0.3 is 5.97 Å². The first-order chi connectivity index (χ1) is 9.99. The van der Waals surface area contributed by atoms with Crippen LogP contribution in [0.2, 0.25) is 0 Å². The van der Waals surface area contributed by atoms with Crippen molar-refractivity contribution in [2.24, 2.45) is 0 Å². The molecule has 5 nitrogen and oxygen atoms in total. The van der Waals surface area contributed by atoms with Crippen LogP contribution in [-0.2, 0) is 9.59 Å². The van der Waals surface area contributed by atoms with Crippen molar-refractivity contribution in [2.75, 3.05) is 13.7 Å². The molecule has 1 aromatic carbocycles. The molecule has 112 valence electrons. The second-order valence-electron chi connectivity index (χ2n) is 4.85. The number of hydrogen-bond acceptors (Lipinski definition) is 3. The zero-order valence-electron chi connectivity index (χ0n) is 11.6. The molecule has 0 aromatic heterocycles. The van der Waals surface area contributed by atoms with E-state index in [1.807, 2.05) is 0 Å². The first-order valence-electron chi connectivity index (χ1n) is 6.57. The molecular weight excluding hydrogens is 338 g/mol. The Bertz CT molecular complexity index is 581. The van der Waals surface area contributed by atoms with E-state index >= 15 is 0 Å². The predicted octanol–water partition coefficient (Wildman–Crippen LogP) is 2.55. The van der Waals surface area contributed by atoms with E-state index < -0.39 is 5.97 Å². The van der Waals surface area contributed by atoms with Gasteiger partial charge in [-0.15, -0.1) is 0 Å². The number of carboxylic acids is 1. The number of rotatable bonds is 6. The quantitative estimate of drug-likeness (QED) is 0.798. The summed E-state index contributed by atoms with van der Waals surface area (Å²) in [7, 11) is 1.77. The van der Waals surface area contributed by atoms with Crippen molar-refractivity contribution in [1.29, 1.82) is 0 Å². The van der Waals surface area contributed by atoms with E-state index in [0.717, 1.165) is 18.9 Å². The number of benzene rings is 1. The largest absolute Gasteiger partial charge is 0.482 e. The van der Waals surface area contributed by atoms with Crippen LogP contribution < -0.4 is 4.74 Å². The number of halogens is 1. The fourth-order valence-electron chi connectivity index (χ4n) is 1.87. The van der Waals surface area contributed by atoms with Crippen LogP contribution in [0.1, 0.15) is 18.4 Å². The lowest BCUT2D eigenvalue weighted by Crippen LogP contribution is -2.33. The summed E-state index contributed by atoms with van der Waals surface area (Å²) in [5.74, 6) is -0.653. The highest BCUT2D eigenvalue weighted by atomic mass is 79.9. The number of para-hydroxylation sites is 1. The fraction of sp³-hybridized carbons (Fsp3) is 0.333. The van der Waals surface area contributed by atoms with Crippen LogP contribution in [-0.4, -0.2) is 41.6 Å². The van der Waals surface area contributed by atoms with E-state index in [0.29, 0.717) is 21.8 Å². The number of hydrogen-bond donors (Lipinski definition) is 1. The molecule has 0 bridgehead atoms. The highest BCUT2D eigenvalue weighted by Crippen LogP contribution is 2.30. The van der Waals surface area contributed by atoms with Crippen LogP contribution in [0, 0.1) is 0 Å². The number of ether oxygens (including phenoxy) is 1. The lowest BCUT2D eigenvalue weighted by atomic mass is 10.2. The molecule has 6 heteroatoms. The summed E-state index contributed by atoms with van der Waals surface area (Å²) in [6, 6.07) is 5.62. The van der Waals surface area contributed by atoms with Crippen molar-refractivity contribution in [3.05, 3.63) is 34.3 Å². The number of likely N-dealkylation sites (N-methyl/N-ethyl adjacent to an activating group) is 1. The molecular formula is C15H16BrNO4. The molecule has 0 radical (unpaired) electrons. The van der Waals surface area contributed by atoms with Gasteiger partial charge in [0.25, 0.3) is 5.91 Å². The van der Waals surface area contributed by atoms with Gasteiger partial charge in [-0.2, -0.15) is 0 Å². The Kier molecular flexibility index (Phi) is 5.01. The molecule has 0 heterocycles. The summed E-state index contributed by atoms with van der Waals surface area (Å²) in [4.78, 5) is 24.3. The van der Waals surface area contributed by atoms with Gasteiger partial charge in [-0.3, -0.25) is 4.79 Å². The molecule has 1 aliphatic rings. The monoisotopic (exact) mass is 353 g/mol. The molecule has 0 spiro atoms. The summed E-state index contributed by atoms with van der Waals surface area (Å²) in [5.41, 5.74) is 0.605. The average Bonchev–Trinajstić information content (AvgIpc) is 3.27. The third-order valence-corrected chi connectivity index (χ3v) is 3.86. The Labute approximate surface area is 131 Å². The smallest absolute Gasteiger partial charge is 0.328 e. The van der Waals surface area contributed by atoms with E-state index in [1.54, 1.807) is 30.1 Å². The van der Waals surface area contributed by atoms with E-state index in [-0.39, 0.29) is 12.5 Å². The third-order valence-electron chi connectivity index (χ3n) is 3.23. The summed E-state index contributed by atoms with van der Waals surface area (Å²) in [6.07, 6.45) is 4.57. The first-order valence-corrected chi connectivity index (χ1v) is 7.36. The molecule has 1 fully saturated rings. The SMILES string of the molecule is CN(C(=O)COc1c(Br)cccc1C=CC(=O)O)C1CC1. The number of nitrogens with zero attached hydrogens (tertiary/aromatic N) is 1. The van der Waals surface area contributed by atoms with Crippen LogP contribution in [0.25, 0.3) is 6.08 Å². The minimum Gasteiger partial charge on any atom is -0.482 e. The van der Waals surface area contributed by atoms with Crippen molar-refractivity contribution in [2.45, 2.75) is 18.9 Å². The molecule has 0 atom stereocenters. The predicted molar refractivity (Wildman–Crippen MR) is 82.1 cm³/mol. The Morgan fingerprint density at radius 2 is 2.19 bits per heavy atom. The summed E-state index contributed by atoms with van der Waals surface area (Å²) < 4.78 is 6.26. The zero-order valence-corrected chi connectivity index (χ0v) is 13.2. The number of amides is 1. The molecule has 21 heavy (non-hydrogen) atoms. The van der Waals surface area contributed by atoms with Crippen molar-refractivity contribution < 1.29 is 19.4 Å². The number of carbonyl (C=O) groups is 2. The van der Waals surface area contributed by atoms with Crippen LogP contribution in [0.3, 0.4) is 0 Å². The minimum absolute atomic E-state index is 0.0659. The average molecular weight is 354 g/mol. The van der Waals surface area contributed by atoms with Gasteiger partial charge in [0.15, 0.2) is 6.61 Å². The van der Waals surface area contributed by atoms with E-state index in [4.69, 9.17) is 9.84 Å². The van der Waals surface area contributed by atoms with Crippen LogP contribution in [0.15, 0.2) is 28.7 Å². The Morgan fingerprint density at radius 1 is 1.48 bits per heavy atom. The molecule has 2 rings (SSSR count). The topological polar surface area (TPSA) is 66.8 Å². The van der Waals surface area contributed by atoms with Gasteiger partial charge in [-0.25, -0.2) is 4.79 Å². The lowest BCUT2D eigenvalue weighted by molar-refractivity contribution is -0.133. The lowest BCUT2D eigenvalue weighted by Gasteiger charge is -2.17. The molecule has 1 saturated carbocycles. The van der Waals surface area contributed by atoms with Gasteiger partial charge in [0.1, 0.15) is 5.75 Å². The van der Waals surface area contributed by atoms with Crippen molar-refractivity contribution in [3.8, 4) is 5.75 Å². The van der Waals surface area contributed by atoms with Gasteiger partial charge in [0.2, 0.25) is 0 Å². The van der Waals surface area contributed by atoms with Gasteiger partial charge in [0.05, 0.1) is 4.47 Å². The van der Waals surface area contributed by atoms with Gasteiger partial charge < -0.3 is 14.7 Å².